The van der Waals surface area contributed by atoms with Crippen LogP contribution in [0, 0.1) is 5.41 Å². The van der Waals surface area contributed by atoms with Crippen LogP contribution in [0.3, 0.4) is 0 Å². The average molecular weight is 197 g/mol. The maximum Gasteiger partial charge on any atom is 0.0652 e. The molecule has 82 valence electrons. The molecule has 0 bridgehead atoms. The Morgan fingerprint density at radius 3 is 2.64 bits per heavy atom. The van der Waals surface area contributed by atoms with Gasteiger partial charge in [0.2, 0.25) is 0 Å². The average Bonchev–Trinajstić information content (AvgIpc) is 2.09. The van der Waals surface area contributed by atoms with Gasteiger partial charge in [-0.05, 0) is 26.3 Å². The van der Waals surface area contributed by atoms with Crippen LogP contribution in [0.2, 0.25) is 0 Å². The molecule has 0 amide bonds. The van der Waals surface area contributed by atoms with E-state index in [1.54, 1.807) is 7.11 Å². The van der Waals surface area contributed by atoms with Gasteiger partial charge >= 0.3 is 0 Å². The van der Waals surface area contributed by atoms with Crippen LogP contribution in [-0.4, -0.2) is 25.8 Å². The van der Waals surface area contributed by atoms with E-state index in [-0.39, 0.29) is 5.41 Å². The van der Waals surface area contributed by atoms with E-state index < -0.39 is 0 Å². The van der Waals surface area contributed by atoms with Crippen LogP contribution in [-0.2, 0) is 4.74 Å². The lowest BCUT2D eigenvalue weighted by atomic mass is 9.64. The van der Waals surface area contributed by atoms with Crippen molar-refractivity contribution in [2.75, 3.05) is 13.7 Å². The molecule has 14 heavy (non-hydrogen) atoms. The number of methoxy groups -OCH3 is 1. The molecule has 0 aromatic rings. The summed E-state index contributed by atoms with van der Waals surface area (Å²) in [6.07, 6.45) is 2.63. The molecule has 1 aliphatic carbocycles. The zero-order valence-corrected chi connectivity index (χ0v) is 9.89. The van der Waals surface area contributed by atoms with Crippen molar-refractivity contribution in [1.29, 1.82) is 0 Å². The Balaban J connectivity index is 2.25. The molecule has 2 nitrogen and oxygen atoms in total. The number of hydrogen-bond donors (Lipinski definition) is 1. The molecule has 2 heteroatoms. The normalized spacial score (nSPS) is 29.7. The van der Waals surface area contributed by atoms with E-state index in [0.29, 0.717) is 12.1 Å². The second-order valence-electron chi connectivity index (χ2n) is 5.00. The van der Waals surface area contributed by atoms with Crippen LogP contribution < -0.4 is 5.32 Å². The number of rotatable bonds is 5. The zero-order valence-electron chi connectivity index (χ0n) is 9.89. The van der Waals surface area contributed by atoms with Crippen LogP contribution in [0.5, 0.6) is 0 Å². The molecule has 2 unspecified atom stereocenters. The molecule has 0 aliphatic heterocycles. The fourth-order valence-corrected chi connectivity index (χ4v) is 2.09. The second-order valence-corrected chi connectivity index (χ2v) is 5.00. The quantitative estimate of drug-likeness (QED) is 0.683. The lowest BCUT2D eigenvalue weighted by Crippen LogP contribution is -2.60. The molecule has 0 spiro atoms. The van der Waals surface area contributed by atoms with Crippen LogP contribution in [0.4, 0.5) is 0 Å². The fourth-order valence-electron chi connectivity index (χ4n) is 2.09. The number of ether oxygens (including phenoxy) is 1. The third-order valence-corrected chi connectivity index (χ3v) is 3.40. The summed E-state index contributed by atoms with van der Waals surface area (Å²) in [7, 11) is 1.80. The fraction of sp³-hybridized carbons (Fsp3) is 0.833. The molecule has 1 aliphatic rings. The zero-order chi connectivity index (χ0) is 10.8. The molecule has 0 saturated heterocycles. The SMILES string of the molecule is C=C(C)CCNC1CC(OC)C1(C)C. The van der Waals surface area contributed by atoms with Crippen molar-refractivity contribution in [3.8, 4) is 0 Å². The second kappa shape index (κ2) is 4.45. The van der Waals surface area contributed by atoms with E-state index in [1.807, 2.05) is 0 Å². The molecule has 0 radical (unpaired) electrons. The Bertz CT molecular complexity index is 210. The molecular weight excluding hydrogens is 174 g/mol. The Morgan fingerprint density at radius 1 is 1.57 bits per heavy atom. The molecule has 0 aromatic carbocycles. The summed E-state index contributed by atoms with van der Waals surface area (Å²) in [6.45, 7) is 11.5. The van der Waals surface area contributed by atoms with Gasteiger partial charge < -0.3 is 10.1 Å². The third kappa shape index (κ3) is 2.37. The molecular formula is C12H23NO. The van der Waals surface area contributed by atoms with Gasteiger partial charge in [0.25, 0.3) is 0 Å². The minimum Gasteiger partial charge on any atom is -0.381 e. The summed E-state index contributed by atoms with van der Waals surface area (Å²) in [6, 6.07) is 0.604. The standard InChI is InChI=1S/C12H23NO/c1-9(2)6-7-13-10-8-11(14-5)12(10,3)4/h10-11,13H,1,6-8H2,2-5H3. The Labute approximate surface area is 87.7 Å². The predicted octanol–water partition coefficient (Wildman–Crippen LogP) is 2.36. The molecule has 1 fully saturated rings. The molecule has 0 heterocycles. The monoisotopic (exact) mass is 197 g/mol. The summed E-state index contributed by atoms with van der Waals surface area (Å²) >= 11 is 0. The van der Waals surface area contributed by atoms with E-state index in [4.69, 9.17) is 4.74 Å². The Morgan fingerprint density at radius 2 is 2.21 bits per heavy atom. The Hall–Kier alpha value is -0.340. The van der Waals surface area contributed by atoms with Crippen molar-refractivity contribution in [3.05, 3.63) is 12.2 Å². The highest BCUT2D eigenvalue weighted by molar-refractivity contribution is 5.03. The predicted molar refractivity (Wildman–Crippen MR) is 60.4 cm³/mol. The molecule has 2 atom stereocenters. The maximum atomic E-state index is 5.40. The summed E-state index contributed by atoms with van der Waals surface area (Å²) < 4.78 is 5.40. The molecule has 1 N–H and O–H groups in total. The smallest absolute Gasteiger partial charge is 0.0652 e. The van der Waals surface area contributed by atoms with Gasteiger partial charge in [0.15, 0.2) is 0 Å². The highest BCUT2D eigenvalue weighted by Gasteiger charge is 2.47. The lowest BCUT2D eigenvalue weighted by Gasteiger charge is -2.51. The van der Waals surface area contributed by atoms with Gasteiger partial charge in [-0.1, -0.05) is 19.4 Å². The minimum atomic E-state index is 0.282. The summed E-state index contributed by atoms with van der Waals surface area (Å²) in [5.41, 5.74) is 1.53. The van der Waals surface area contributed by atoms with Gasteiger partial charge in [0.05, 0.1) is 6.10 Å². The van der Waals surface area contributed by atoms with E-state index in [0.717, 1.165) is 19.4 Å². The first kappa shape index (κ1) is 11.7. The first-order chi connectivity index (χ1) is 6.48. The van der Waals surface area contributed by atoms with Gasteiger partial charge in [0.1, 0.15) is 0 Å². The van der Waals surface area contributed by atoms with Gasteiger partial charge in [-0.15, -0.1) is 6.58 Å². The maximum absolute atomic E-state index is 5.40. The molecule has 0 aromatic heterocycles. The van der Waals surface area contributed by atoms with Gasteiger partial charge in [-0.25, -0.2) is 0 Å². The molecule has 1 saturated carbocycles. The van der Waals surface area contributed by atoms with Gasteiger partial charge in [-0.2, -0.15) is 0 Å². The summed E-state index contributed by atoms with van der Waals surface area (Å²) in [5, 5.41) is 3.56. The van der Waals surface area contributed by atoms with Crippen LogP contribution in [0.25, 0.3) is 0 Å². The van der Waals surface area contributed by atoms with Crippen molar-refractivity contribution in [2.24, 2.45) is 5.41 Å². The van der Waals surface area contributed by atoms with Crippen molar-refractivity contribution >= 4 is 0 Å². The topological polar surface area (TPSA) is 21.3 Å². The highest BCUT2D eigenvalue weighted by Crippen LogP contribution is 2.42. The van der Waals surface area contributed by atoms with Gasteiger partial charge in [0, 0.05) is 18.6 Å². The van der Waals surface area contributed by atoms with E-state index >= 15 is 0 Å². The van der Waals surface area contributed by atoms with Gasteiger partial charge in [-0.3, -0.25) is 0 Å². The first-order valence-electron chi connectivity index (χ1n) is 5.39. The highest BCUT2D eigenvalue weighted by atomic mass is 16.5. The minimum absolute atomic E-state index is 0.282. The van der Waals surface area contributed by atoms with E-state index in [9.17, 15) is 0 Å². The lowest BCUT2D eigenvalue weighted by molar-refractivity contribution is -0.0971. The van der Waals surface area contributed by atoms with Crippen molar-refractivity contribution in [1.82, 2.24) is 5.32 Å². The van der Waals surface area contributed by atoms with E-state index in [2.05, 4.69) is 32.7 Å². The summed E-state index contributed by atoms with van der Waals surface area (Å²) in [4.78, 5) is 0. The van der Waals surface area contributed by atoms with Crippen molar-refractivity contribution < 1.29 is 4.74 Å². The molecule has 1 rings (SSSR count). The Kier molecular flexibility index (Phi) is 3.73. The number of nitrogens with one attached hydrogen (secondary N) is 1. The third-order valence-electron chi connectivity index (χ3n) is 3.40. The van der Waals surface area contributed by atoms with Crippen LogP contribution >= 0.6 is 0 Å². The number of hydrogen-bond acceptors (Lipinski definition) is 2. The summed E-state index contributed by atoms with van der Waals surface area (Å²) in [5.74, 6) is 0. The largest absolute Gasteiger partial charge is 0.381 e. The van der Waals surface area contributed by atoms with Crippen molar-refractivity contribution in [3.63, 3.8) is 0 Å². The van der Waals surface area contributed by atoms with Crippen LogP contribution in [0.1, 0.15) is 33.6 Å². The van der Waals surface area contributed by atoms with Crippen molar-refractivity contribution in [2.45, 2.75) is 45.8 Å². The van der Waals surface area contributed by atoms with E-state index in [1.165, 1.54) is 5.57 Å². The first-order valence-corrected chi connectivity index (χ1v) is 5.39. The van der Waals surface area contributed by atoms with Crippen LogP contribution in [0.15, 0.2) is 12.2 Å².